The molecule has 0 spiro atoms. The second-order valence-corrected chi connectivity index (χ2v) is 6.89. The molecule has 0 amide bonds. The van der Waals surface area contributed by atoms with Crippen LogP contribution in [0.25, 0.3) is 0 Å². The van der Waals surface area contributed by atoms with E-state index >= 15 is 0 Å². The minimum Gasteiger partial charge on any atom is -0.316 e. The molecular formula is C15H31N3. The molecule has 0 bridgehead atoms. The zero-order chi connectivity index (χ0) is 13.2. The fraction of sp³-hybridized carbons (Fsp3) is 1.00. The molecular weight excluding hydrogens is 222 g/mol. The van der Waals surface area contributed by atoms with Gasteiger partial charge in [-0.3, -0.25) is 4.90 Å². The van der Waals surface area contributed by atoms with E-state index in [9.17, 15) is 0 Å². The number of nitrogens with zero attached hydrogens (tertiary/aromatic N) is 2. The summed E-state index contributed by atoms with van der Waals surface area (Å²) in [4.78, 5) is 5.35. The van der Waals surface area contributed by atoms with Crippen LogP contribution in [0.5, 0.6) is 0 Å². The standard InChI is InChI=1S/C15H31N3/c1-5-13-11-17(4)9-6-10-18(13)14-7-8-16-12-15(14,2)3/h13-14,16H,5-12H2,1-4H3. The van der Waals surface area contributed by atoms with Gasteiger partial charge in [-0.2, -0.15) is 0 Å². The summed E-state index contributed by atoms with van der Waals surface area (Å²) < 4.78 is 0. The first-order valence-corrected chi connectivity index (χ1v) is 7.69. The molecule has 0 aliphatic carbocycles. The first-order chi connectivity index (χ1) is 8.54. The van der Waals surface area contributed by atoms with Gasteiger partial charge in [-0.1, -0.05) is 20.8 Å². The molecule has 0 radical (unpaired) electrons. The Hall–Kier alpha value is -0.120. The summed E-state index contributed by atoms with van der Waals surface area (Å²) in [6, 6.07) is 1.51. The Kier molecular flexibility index (Phi) is 4.68. The minimum absolute atomic E-state index is 0.411. The van der Waals surface area contributed by atoms with Crippen LogP contribution >= 0.6 is 0 Å². The maximum Gasteiger partial charge on any atom is 0.0223 e. The molecule has 2 atom stereocenters. The lowest BCUT2D eigenvalue weighted by atomic mass is 9.78. The lowest BCUT2D eigenvalue weighted by Crippen LogP contribution is -2.58. The molecule has 2 aliphatic rings. The monoisotopic (exact) mass is 253 g/mol. The Bertz CT molecular complexity index is 264. The highest BCUT2D eigenvalue weighted by Gasteiger charge is 2.39. The number of hydrogen-bond donors (Lipinski definition) is 1. The Morgan fingerprint density at radius 2 is 2.06 bits per heavy atom. The van der Waals surface area contributed by atoms with Crippen molar-refractivity contribution < 1.29 is 0 Å². The summed E-state index contributed by atoms with van der Waals surface area (Å²) in [5.74, 6) is 0. The third kappa shape index (κ3) is 3.06. The number of piperidine rings is 1. The van der Waals surface area contributed by atoms with Crippen molar-refractivity contribution in [2.24, 2.45) is 5.41 Å². The second-order valence-electron chi connectivity index (χ2n) is 6.89. The molecule has 0 saturated carbocycles. The zero-order valence-corrected chi connectivity index (χ0v) is 12.7. The normalized spacial score (nSPS) is 35.3. The van der Waals surface area contributed by atoms with Crippen molar-refractivity contribution in [3.8, 4) is 0 Å². The Labute approximate surface area is 113 Å². The summed E-state index contributed by atoms with van der Waals surface area (Å²) in [6.45, 7) is 13.4. The fourth-order valence-electron chi connectivity index (χ4n) is 3.81. The quantitative estimate of drug-likeness (QED) is 0.809. The molecule has 2 rings (SSSR count). The molecule has 2 aliphatic heterocycles. The van der Waals surface area contributed by atoms with Gasteiger partial charge < -0.3 is 10.2 Å². The van der Waals surface area contributed by atoms with Crippen LogP contribution in [-0.4, -0.2) is 61.7 Å². The highest BCUT2D eigenvalue weighted by molar-refractivity contribution is 4.95. The average molecular weight is 253 g/mol. The van der Waals surface area contributed by atoms with Gasteiger partial charge in [0.15, 0.2) is 0 Å². The maximum atomic E-state index is 3.56. The summed E-state index contributed by atoms with van der Waals surface area (Å²) >= 11 is 0. The van der Waals surface area contributed by atoms with Crippen LogP contribution < -0.4 is 5.32 Å². The van der Waals surface area contributed by atoms with Crippen molar-refractivity contribution in [2.45, 2.75) is 52.1 Å². The zero-order valence-electron chi connectivity index (χ0n) is 12.7. The Balaban J connectivity index is 2.12. The molecule has 1 N–H and O–H groups in total. The molecule has 0 aromatic rings. The molecule has 0 aromatic heterocycles. The Morgan fingerprint density at radius 3 is 2.72 bits per heavy atom. The third-order valence-corrected chi connectivity index (χ3v) is 4.90. The van der Waals surface area contributed by atoms with Crippen molar-refractivity contribution in [1.82, 2.24) is 15.1 Å². The third-order valence-electron chi connectivity index (χ3n) is 4.90. The highest BCUT2D eigenvalue weighted by Crippen LogP contribution is 2.32. The fourth-order valence-corrected chi connectivity index (χ4v) is 3.81. The SMILES string of the molecule is CCC1CN(C)CCCN1C1CCNCC1(C)C. The molecule has 2 heterocycles. The van der Waals surface area contributed by atoms with Gasteiger partial charge in [0.1, 0.15) is 0 Å². The van der Waals surface area contributed by atoms with E-state index in [-0.39, 0.29) is 0 Å². The van der Waals surface area contributed by atoms with Crippen molar-refractivity contribution in [2.75, 3.05) is 39.8 Å². The van der Waals surface area contributed by atoms with E-state index in [1.54, 1.807) is 0 Å². The van der Waals surface area contributed by atoms with Gasteiger partial charge in [0.05, 0.1) is 0 Å². The van der Waals surface area contributed by atoms with Gasteiger partial charge in [0, 0.05) is 31.7 Å². The number of likely N-dealkylation sites (N-methyl/N-ethyl adjacent to an activating group) is 1. The van der Waals surface area contributed by atoms with E-state index in [0.29, 0.717) is 5.41 Å². The van der Waals surface area contributed by atoms with E-state index in [2.05, 4.69) is 42.9 Å². The van der Waals surface area contributed by atoms with Crippen LogP contribution in [-0.2, 0) is 0 Å². The molecule has 106 valence electrons. The van der Waals surface area contributed by atoms with Crippen molar-refractivity contribution in [3.05, 3.63) is 0 Å². The largest absolute Gasteiger partial charge is 0.316 e. The van der Waals surface area contributed by atoms with Gasteiger partial charge in [-0.05, 0) is 44.8 Å². The van der Waals surface area contributed by atoms with Crippen LogP contribution in [0, 0.1) is 5.41 Å². The first-order valence-electron chi connectivity index (χ1n) is 7.69. The van der Waals surface area contributed by atoms with Crippen molar-refractivity contribution >= 4 is 0 Å². The lowest BCUT2D eigenvalue weighted by Gasteiger charge is -2.48. The number of rotatable bonds is 2. The second kappa shape index (κ2) is 5.89. The summed E-state index contributed by atoms with van der Waals surface area (Å²) in [5, 5.41) is 3.56. The molecule has 2 saturated heterocycles. The average Bonchev–Trinajstić information content (AvgIpc) is 2.50. The minimum atomic E-state index is 0.411. The predicted molar refractivity (Wildman–Crippen MR) is 78.0 cm³/mol. The highest BCUT2D eigenvalue weighted by atomic mass is 15.3. The van der Waals surface area contributed by atoms with Crippen LogP contribution in [0.3, 0.4) is 0 Å². The number of nitrogens with one attached hydrogen (secondary N) is 1. The molecule has 3 heteroatoms. The van der Waals surface area contributed by atoms with Crippen LogP contribution in [0.4, 0.5) is 0 Å². The Morgan fingerprint density at radius 1 is 1.28 bits per heavy atom. The van der Waals surface area contributed by atoms with E-state index < -0.39 is 0 Å². The van der Waals surface area contributed by atoms with Crippen LogP contribution in [0.2, 0.25) is 0 Å². The number of hydrogen-bond acceptors (Lipinski definition) is 3. The van der Waals surface area contributed by atoms with E-state index in [4.69, 9.17) is 0 Å². The first kappa shape index (κ1) is 14.3. The van der Waals surface area contributed by atoms with E-state index in [0.717, 1.165) is 12.1 Å². The lowest BCUT2D eigenvalue weighted by molar-refractivity contribution is 0.0271. The summed E-state index contributed by atoms with van der Waals surface area (Å²) in [7, 11) is 2.28. The van der Waals surface area contributed by atoms with Crippen molar-refractivity contribution in [3.63, 3.8) is 0 Å². The van der Waals surface area contributed by atoms with Crippen molar-refractivity contribution in [1.29, 1.82) is 0 Å². The van der Waals surface area contributed by atoms with Gasteiger partial charge in [0.2, 0.25) is 0 Å². The van der Waals surface area contributed by atoms with Gasteiger partial charge in [0.25, 0.3) is 0 Å². The van der Waals surface area contributed by atoms with Gasteiger partial charge in [-0.15, -0.1) is 0 Å². The summed E-state index contributed by atoms with van der Waals surface area (Å²) in [6.07, 6.45) is 3.92. The smallest absolute Gasteiger partial charge is 0.0223 e. The predicted octanol–water partition coefficient (Wildman–Crippen LogP) is 1.79. The topological polar surface area (TPSA) is 18.5 Å². The van der Waals surface area contributed by atoms with Gasteiger partial charge >= 0.3 is 0 Å². The van der Waals surface area contributed by atoms with Gasteiger partial charge in [-0.25, -0.2) is 0 Å². The van der Waals surface area contributed by atoms with Crippen LogP contribution in [0.15, 0.2) is 0 Å². The molecule has 3 nitrogen and oxygen atoms in total. The molecule has 2 fully saturated rings. The van der Waals surface area contributed by atoms with E-state index in [1.165, 1.54) is 52.0 Å². The van der Waals surface area contributed by atoms with E-state index in [1.807, 2.05) is 0 Å². The summed E-state index contributed by atoms with van der Waals surface area (Å²) in [5.41, 5.74) is 0.411. The van der Waals surface area contributed by atoms with Crippen LogP contribution in [0.1, 0.15) is 40.0 Å². The molecule has 2 unspecified atom stereocenters. The molecule has 0 aromatic carbocycles. The maximum absolute atomic E-state index is 3.56. The molecule has 18 heavy (non-hydrogen) atoms.